The fourth-order valence-electron chi connectivity index (χ4n) is 3.32. The molecule has 0 aliphatic heterocycles. The molecule has 0 saturated carbocycles. The van der Waals surface area contributed by atoms with E-state index in [1.165, 1.54) is 0 Å². The van der Waals surface area contributed by atoms with Crippen LogP contribution in [0.15, 0.2) is 30.5 Å². The molecule has 1 heterocycles. The van der Waals surface area contributed by atoms with Gasteiger partial charge < -0.3 is 15.2 Å². The van der Waals surface area contributed by atoms with Crippen LogP contribution in [0.25, 0.3) is 10.9 Å². The standard InChI is InChI=1S/C22H35N3O2/c1-7-17(4)25(13-16(2)3)15-22(5,26)14-24-20-12-19(27-6)11-18-9-8-10-23-21(18)20/h8-12,16-17,24,26H,7,13-15H2,1-6H3/t17-,22-/m1/s1. The first-order valence-corrected chi connectivity index (χ1v) is 9.88. The monoisotopic (exact) mass is 373 g/mol. The minimum Gasteiger partial charge on any atom is -0.497 e. The topological polar surface area (TPSA) is 57.6 Å². The number of ether oxygens (including phenoxy) is 1. The number of aliphatic hydroxyl groups is 1. The van der Waals surface area contributed by atoms with Crippen molar-refractivity contribution in [2.45, 2.75) is 52.7 Å². The summed E-state index contributed by atoms with van der Waals surface area (Å²) in [6, 6.07) is 8.28. The summed E-state index contributed by atoms with van der Waals surface area (Å²) in [5.74, 6) is 1.34. The first kappa shape index (κ1) is 21.5. The van der Waals surface area contributed by atoms with E-state index in [0.717, 1.165) is 35.3 Å². The number of pyridine rings is 1. The first-order valence-electron chi connectivity index (χ1n) is 9.88. The number of nitrogens with one attached hydrogen (secondary N) is 1. The van der Waals surface area contributed by atoms with Crippen LogP contribution < -0.4 is 10.1 Å². The molecule has 2 rings (SSSR count). The third-order valence-electron chi connectivity index (χ3n) is 4.93. The third-order valence-corrected chi connectivity index (χ3v) is 4.93. The van der Waals surface area contributed by atoms with Crippen molar-refractivity contribution in [2.75, 3.05) is 32.1 Å². The van der Waals surface area contributed by atoms with Crippen LogP contribution in [0.5, 0.6) is 5.75 Å². The van der Waals surface area contributed by atoms with Crippen LogP contribution in [-0.4, -0.2) is 53.4 Å². The van der Waals surface area contributed by atoms with Gasteiger partial charge in [-0.1, -0.05) is 26.8 Å². The molecule has 2 aromatic rings. The van der Waals surface area contributed by atoms with Gasteiger partial charge in [-0.2, -0.15) is 0 Å². The molecule has 0 saturated heterocycles. The zero-order chi connectivity index (χ0) is 20.0. The van der Waals surface area contributed by atoms with E-state index in [2.05, 4.69) is 42.9 Å². The Morgan fingerprint density at radius 1 is 1.30 bits per heavy atom. The van der Waals surface area contributed by atoms with Crippen LogP contribution in [0.4, 0.5) is 5.69 Å². The molecule has 2 atom stereocenters. The Morgan fingerprint density at radius 2 is 2.04 bits per heavy atom. The summed E-state index contributed by atoms with van der Waals surface area (Å²) in [4.78, 5) is 6.87. The second kappa shape index (κ2) is 9.38. The number of benzene rings is 1. The number of hydrogen-bond acceptors (Lipinski definition) is 5. The quantitative estimate of drug-likeness (QED) is 0.655. The zero-order valence-corrected chi connectivity index (χ0v) is 17.6. The number of rotatable bonds is 10. The average Bonchev–Trinajstić information content (AvgIpc) is 2.64. The minimum absolute atomic E-state index is 0.441. The second-order valence-electron chi connectivity index (χ2n) is 8.18. The normalized spacial score (nSPS) is 15.1. The van der Waals surface area contributed by atoms with Gasteiger partial charge in [0.2, 0.25) is 0 Å². The summed E-state index contributed by atoms with van der Waals surface area (Å²) in [6.07, 6.45) is 2.85. The van der Waals surface area contributed by atoms with Gasteiger partial charge in [-0.25, -0.2) is 0 Å². The number of fused-ring (bicyclic) bond motifs is 1. The Bertz CT molecular complexity index is 731. The van der Waals surface area contributed by atoms with Gasteiger partial charge in [0.1, 0.15) is 5.75 Å². The smallest absolute Gasteiger partial charge is 0.121 e. The number of anilines is 1. The van der Waals surface area contributed by atoms with Crippen LogP contribution in [0, 0.1) is 5.92 Å². The predicted octanol–water partition coefficient (Wildman–Crippen LogP) is 4.16. The van der Waals surface area contributed by atoms with E-state index in [4.69, 9.17) is 4.74 Å². The summed E-state index contributed by atoms with van der Waals surface area (Å²) >= 11 is 0. The van der Waals surface area contributed by atoms with Crippen molar-refractivity contribution in [3.63, 3.8) is 0 Å². The molecular weight excluding hydrogens is 338 g/mol. The molecule has 5 nitrogen and oxygen atoms in total. The summed E-state index contributed by atoms with van der Waals surface area (Å²) < 4.78 is 5.41. The van der Waals surface area contributed by atoms with Crippen LogP contribution in [0.1, 0.15) is 41.0 Å². The van der Waals surface area contributed by atoms with Crippen molar-refractivity contribution in [3.05, 3.63) is 30.5 Å². The summed E-state index contributed by atoms with van der Waals surface area (Å²) in [7, 11) is 1.66. The predicted molar refractivity (Wildman–Crippen MR) is 114 cm³/mol. The molecule has 0 radical (unpaired) electrons. The third kappa shape index (κ3) is 6.08. The van der Waals surface area contributed by atoms with Crippen LogP contribution in [0.2, 0.25) is 0 Å². The Balaban J connectivity index is 2.15. The van der Waals surface area contributed by atoms with E-state index in [-0.39, 0.29) is 0 Å². The fraction of sp³-hybridized carbons (Fsp3) is 0.591. The van der Waals surface area contributed by atoms with Crippen molar-refractivity contribution < 1.29 is 9.84 Å². The van der Waals surface area contributed by atoms with Crippen molar-refractivity contribution >= 4 is 16.6 Å². The molecule has 0 spiro atoms. The van der Waals surface area contributed by atoms with E-state index < -0.39 is 5.60 Å². The van der Waals surface area contributed by atoms with Crippen molar-refractivity contribution in [3.8, 4) is 5.75 Å². The number of methoxy groups -OCH3 is 1. The maximum atomic E-state index is 11.0. The van der Waals surface area contributed by atoms with E-state index in [1.54, 1.807) is 13.3 Å². The lowest BCUT2D eigenvalue weighted by Gasteiger charge is -2.36. The molecule has 0 amide bonds. The Labute approximate surface area is 163 Å². The molecule has 1 aromatic carbocycles. The highest BCUT2D eigenvalue weighted by Crippen LogP contribution is 2.28. The Morgan fingerprint density at radius 3 is 2.67 bits per heavy atom. The fourth-order valence-corrected chi connectivity index (χ4v) is 3.32. The van der Waals surface area contributed by atoms with E-state index in [9.17, 15) is 5.11 Å². The molecule has 1 aromatic heterocycles. The van der Waals surface area contributed by atoms with Gasteiger partial charge in [0.25, 0.3) is 0 Å². The first-order chi connectivity index (χ1) is 12.8. The number of hydrogen-bond donors (Lipinski definition) is 2. The Kier molecular flexibility index (Phi) is 7.45. The number of nitrogens with zero attached hydrogens (tertiary/aromatic N) is 2. The largest absolute Gasteiger partial charge is 0.497 e. The summed E-state index contributed by atoms with van der Waals surface area (Å²) in [6.45, 7) is 12.8. The minimum atomic E-state index is -0.859. The summed E-state index contributed by atoms with van der Waals surface area (Å²) in [5, 5.41) is 15.5. The molecule has 0 fully saturated rings. The van der Waals surface area contributed by atoms with Crippen LogP contribution >= 0.6 is 0 Å². The zero-order valence-electron chi connectivity index (χ0n) is 17.6. The molecule has 5 heteroatoms. The highest BCUT2D eigenvalue weighted by atomic mass is 16.5. The lowest BCUT2D eigenvalue weighted by molar-refractivity contribution is 0.0137. The maximum Gasteiger partial charge on any atom is 0.121 e. The average molecular weight is 374 g/mol. The molecule has 0 aliphatic carbocycles. The SMILES string of the molecule is CC[C@@H](C)N(CC(C)C)C[C@](C)(O)CNc1cc(OC)cc2cccnc12. The van der Waals surface area contributed by atoms with Gasteiger partial charge in [0.05, 0.1) is 23.9 Å². The highest BCUT2D eigenvalue weighted by molar-refractivity contribution is 5.91. The van der Waals surface area contributed by atoms with Gasteiger partial charge in [0, 0.05) is 43.3 Å². The Hall–Kier alpha value is -1.85. The molecule has 150 valence electrons. The van der Waals surface area contributed by atoms with Gasteiger partial charge in [0.15, 0.2) is 0 Å². The molecule has 2 N–H and O–H groups in total. The van der Waals surface area contributed by atoms with E-state index in [1.807, 2.05) is 31.2 Å². The van der Waals surface area contributed by atoms with Gasteiger partial charge in [-0.15, -0.1) is 0 Å². The lowest BCUT2D eigenvalue weighted by Crippen LogP contribution is -2.49. The van der Waals surface area contributed by atoms with Crippen molar-refractivity contribution in [2.24, 2.45) is 5.92 Å². The maximum absolute atomic E-state index is 11.0. The van der Waals surface area contributed by atoms with Gasteiger partial charge >= 0.3 is 0 Å². The van der Waals surface area contributed by atoms with Crippen molar-refractivity contribution in [1.82, 2.24) is 9.88 Å². The van der Waals surface area contributed by atoms with E-state index >= 15 is 0 Å². The molecule has 0 unspecified atom stereocenters. The second-order valence-corrected chi connectivity index (χ2v) is 8.18. The highest BCUT2D eigenvalue weighted by Gasteiger charge is 2.27. The van der Waals surface area contributed by atoms with Gasteiger partial charge in [-0.3, -0.25) is 9.88 Å². The van der Waals surface area contributed by atoms with Crippen LogP contribution in [0.3, 0.4) is 0 Å². The van der Waals surface area contributed by atoms with E-state index in [0.29, 0.717) is 25.0 Å². The van der Waals surface area contributed by atoms with Gasteiger partial charge in [-0.05, 0) is 38.3 Å². The molecular formula is C22H35N3O2. The molecule has 0 bridgehead atoms. The van der Waals surface area contributed by atoms with Crippen LogP contribution in [-0.2, 0) is 0 Å². The lowest BCUT2D eigenvalue weighted by atomic mass is 10.0. The van der Waals surface area contributed by atoms with Crippen molar-refractivity contribution in [1.29, 1.82) is 0 Å². The summed E-state index contributed by atoms with van der Waals surface area (Å²) in [5.41, 5.74) is 0.905. The molecule has 0 aliphatic rings. The number of aromatic nitrogens is 1. The molecule has 27 heavy (non-hydrogen) atoms.